The number of rotatable bonds is 6. The Morgan fingerprint density at radius 2 is 1.60 bits per heavy atom. The van der Waals surface area contributed by atoms with Crippen molar-refractivity contribution in [2.45, 2.75) is 0 Å². The van der Waals surface area contributed by atoms with Crippen LogP contribution < -0.4 is 9.47 Å². The van der Waals surface area contributed by atoms with Gasteiger partial charge in [0, 0.05) is 0 Å². The number of methoxy groups -OCH3 is 2. The zero-order valence-corrected chi connectivity index (χ0v) is 13.6. The molecule has 0 atom stereocenters. The molecule has 0 saturated carbocycles. The smallest absolute Gasteiger partial charge is 0.336 e. The maximum atomic E-state index is 13.5. The Hall–Kier alpha value is -3.15. The van der Waals surface area contributed by atoms with Gasteiger partial charge < -0.3 is 14.6 Å². The number of benzene rings is 2. The van der Waals surface area contributed by atoms with E-state index in [-0.39, 0.29) is 17.1 Å². The normalized spacial score (nSPS) is 11.6. The predicted molar refractivity (Wildman–Crippen MR) is 90.6 cm³/mol. The van der Waals surface area contributed by atoms with E-state index in [1.165, 1.54) is 56.7 Å². The van der Waals surface area contributed by atoms with Gasteiger partial charge in [0.15, 0.2) is 23.1 Å². The molecule has 0 bridgehead atoms. The van der Waals surface area contributed by atoms with E-state index in [0.717, 1.165) is 6.07 Å². The molecule has 0 radical (unpaired) electrons. The molecule has 6 heteroatoms. The SMILES string of the molecule is COc1cc(/C=C/C=C(/C(=O)O)c2ccc(F)c(OC)c2)ccc1F. The van der Waals surface area contributed by atoms with Crippen LogP contribution in [0.4, 0.5) is 8.78 Å². The summed E-state index contributed by atoms with van der Waals surface area (Å²) in [5.41, 5.74) is 0.895. The fourth-order valence-corrected chi connectivity index (χ4v) is 2.15. The molecule has 0 heterocycles. The highest BCUT2D eigenvalue weighted by Crippen LogP contribution is 2.24. The monoisotopic (exact) mass is 346 g/mol. The number of allylic oxidation sites excluding steroid dienone is 2. The van der Waals surface area contributed by atoms with E-state index in [0.29, 0.717) is 11.1 Å². The van der Waals surface area contributed by atoms with Crippen LogP contribution in [0, 0.1) is 11.6 Å². The molecule has 0 unspecified atom stereocenters. The summed E-state index contributed by atoms with van der Waals surface area (Å²) in [7, 11) is 2.66. The van der Waals surface area contributed by atoms with Crippen molar-refractivity contribution < 1.29 is 28.2 Å². The van der Waals surface area contributed by atoms with Crippen molar-refractivity contribution in [1.82, 2.24) is 0 Å². The maximum Gasteiger partial charge on any atom is 0.336 e. The van der Waals surface area contributed by atoms with E-state index >= 15 is 0 Å². The first kappa shape index (κ1) is 18.2. The fourth-order valence-electron chi connectivity index (χ4n) is 2.15. The Morgan fingerprint density at radius 3 is 2.20 bits per heavy atom. The van der Waals surface area contributed by atoms with Crippen LogP contribution in [0.3, 0.4) is 0 Å². The summed E-state index contributed by atoms with van der Waals surface area (Å²) in [6.07, 6.45) is 4.47. The minimum atomic E-state index is -1.17. The van der Waals surface area contributed by atoms with Gasteiger partial charge in [0.25, 0.3) is 0 Å². The van der Waals surface area contributed by atoms with Gasteiger partial charge in [0.2, 0.25) is 0 Å². The summed E-state index contributed by atoms with van der Waals surface area (Å²) in [4.78, 5) is 11.5. The van der Waals surface area contributed by atoms with Gasteiger partial charge in [-0.1, -0.05) is 24.3 Å². The molecule has 0 aliphatic rings. The number of carboxylic acid groups (broad SMARTS) is 1. The van der Waals surface area contributed by atoms with Crippen molar-refractivity contribution in [1.29, 1.82) is 0 Å². The number of aliphatic carboxylic acids is 1. The second-order valence-electron chi connectivity index (χ2n) is 4.99. The van der Waals surface area contributed by atoms with Crippen LogP contribution in [0.2, 0.25) is 0 Å². The fraction of sp³-hybridized carbons (Fsp3) is 0.105. The standard InChI is InChI=1S/C19H16F2O4/c1-24-17-10-12(6-8-15(17)20)4-3-5-14(19(22)23)13-7-9-16(21)18(11-13)25-2/h3-11H,1-2H3,(H,22,23)/b4-3+,14-5+. The highest BCUT2D eigenvalue weighted by Gasteiger charge is 2.12. The molecule has 0 spiro atoms. The Labute approximate surface area is 143 Å². The number of hydrogen-bond donors (Lipinski definition) is 1. The predicted octanol–water partition coefficient (Wildman–Crippen LogP) is 4.16. The minimum Gasteiger partial charge on any atom is -0.494 e. The summed E-state index contributed by atoms with van der Waals surface area (Å²) in [6.45, 7) is 0. The number of hydrogen-bond acceptors (Lipinski definition) is 3. The molecule has 1 N–H and O–H groups in total. The number of carboxylic acids is 1. The molecule has 0 aliphatic heterocycles. The van der Waals surface area contributed by atoms with Crippen LogP contribution in [-0.2, 0) is 4.79 Å². The van der Waals surface area contributed by atoms with Gasteiger partial charge in [0.1, 0.15) is 0 Å². The second kappa shape index (κ2) is 8.10. The Kier molecular flexibility index (Phi) is 5.89. The van der Waals surface area contributed by atoms with Gasteiger partial charge in [-0.3, -0.25) is 0 Å². The molecule has 2 rings (SSSR count). The highest BCUT2D eigenvalue weighted by atomic mass is 19.1. The molecular formula is C19H16F2O4. The summed E-state index contributed by atoms with van der Waals surface area (Å²) in [5.74, 6) is -2.19. The Balaban J connectivity index is 2.33. The Bertz CT molecular complexity index is 841. The molecule has 0 aromatic heterocycles. The van der Waals surface area contributed by atoms with E-state index < -0.39 is 17.6 Å². The third-order valence-electron chi connectivity index (χ3n) is 3.42. The highest BCUT2D eigenvalue weighted by molar-refractivity contribution is 6.15. The summed E-state index contributed by atoms with van der Waals surface area (Å²) in [6, 6.07) is 8.08. The van der Waals surface area contributed by atoms with Crippen molar-refractivity contribution in [2.24, 2.45) is 0 Å². The third-order valence-corrected chi connectivity index (χ3v) is 3.42. The van der Waals surface area contributed by atoms with Crippen LogP contribution in [0.5, 0.6) is 11.5 Å². The molecule has 2 aromatic carbocycles. The lowest BCUT2D eigenvalue weighted by Crippen LogP contribution is -2.00. The van der Waals surface area contributed by atoms with Crippen LogP contribution in [0.25, 0.3) is 11.6 Å². The number of halogens is 2. The quantitative estimate of drug-likeness (QED) is 0.630. The van der Waals surface area contributed by atoms with Gasteiger partial charge in [-0.15, -0.1) is 0 Å². The lowest BCUT2D eigenvalue weighted by molar-refractivity contribution is -0.130. The topological polar surface area (TPSA) is 55.8 Å². The van der Waals surface area contributed by atoms with E-state index in [2.05, 4.69) is 0 Å². The molecule has 25 heavy (non-hydrogen) atoms. The molecule has 4 nitrogen and oxygen atoms in total. The third kappa shape index (κ3) is 4.44. The van der Waals surface area contributed by atoms with Crippen LogP contribution >= 0.6 is 0 Å². The van der Waals surface area contributed by atoms with Crippen molar-refractivity contribution in [2.75, 3.05) is 14.2 Å². The van der Waals surface area contributed by atoms with Crippen LogP contribution in [-0.4, -0.2) is 25.3 Å². The summed E-state index contributed by atoms with van der Waals surface area (Å²) < 4.78 is 36.6. The minimum absolute atomic E-state index is 0.0383. The number of ether oxygens (including phenoxy) is 2. The van der Waals surface area contributed by atoms with Crippen molar-refractivity contribution >= 4 is 17.6 Å². The Morgan fingerprint density at radius 1 is 1.00 bits per heavy atom. The molecular weight excluding hydrogens is 330 g/mol. The van der Waals surface area contributed by atoms with Crippen molar-refractivity contribution in [3.63, 3.8) is 0 Å². The average Bonchev–Trinajstić information content (AvgIpc) is 2.60. The van der Waals surface area contributed by atoms with E-state index in [1.807, 2.05) is 0 Å². The second-order valence-corrected chi connectivity index (χ2v) is 4.99. The van der Waals surface area contributed by atoms with Gasteiger partial charge in [0.05, 0.1) is 19.8 Å². The zero-order valence-electron chi connectivity index (χ0n) is 13.6. The van der Waals surface area contributed by atoms with E-state index in [9.17, 15) is 18.7 Å². The van der Waals surface area contributed by atoms with Crippen LogP contribution in [0.1, 0.15) is 11.1 Å². The maximum absolute atomic E-state index is 13.5. The zero-order chi connectivity index (χ0) is 18.4. The van der Waals surface area contributed by atoms with Crippen LogP contribution in [0.15, 0.2) is 48.6 Å². The lowest BCUT2D eigenvalue weighted by Gasteiger charge is -2.06. The largest absolute Gasteiger partial charge is 0.494 e. The lowest BCUT2D eigenvalue weighted by atomic mass is 10.0. The summed E-state index contributed by atoms with van der Waals surface area (Å²) in [5, 5.41) is 9.37. The first-order valence-corrected chi connectivity index (χ1v) is 7.25. The summed E-state index contributed by atoms with van der Waals surface area (Å²) >= 11 is 0. The first-order chi connectivity index (χ1) is 12.0. The van der Waals surface area contributed by atoms with Gasteiger partial charge in [-0.25, -0.2) is 13.6 Å². The van der Waals surface area contributed by atoms with E-state index in [1.54, 1.807) is 6.08 Å². The van der Waals surface area contributed by atoms with Gasteiger partial charge in [-0.05, 0) is 41.5 Å². The van der Waals surface area contributed by atoms with Crippen molar-refractivity contribution in [3.8, 4) is 11.5 Å². The van der Waals surface area contributed by atoms with Gasteiger partial charge >= 0.3 is 5.97 Å². The molecule has 130 valence electrons. The molecule has 0 aliphatic carbocycles. The van der Waals surface area contributed by atoms with Gasteiger partial charge in [-0.2, -0.15) is 0 Å². The molecule has 0 amide bonds. The number of carbonyl (C=O) groups is 1. The van der Waals surface area contributed by atoms with E-state index in [4.69, 9.17) is 9.47 Å². The van der Waals surface area contributed by atoms with Crippen molar-refractivity contribution in [3.05, 3.63) is 71.3 Å². The molecule has 0 saturated heterocycles. The molecule has 2 aromatic rings. The first-order valence-electron chi connectivity index (χ1n) is 7.25. The molecule has 0 fully saturated rings. The average molecular weight is 346 g/mol.